The van der Waals surface area contributed by atoms with Crippen molar-refractivity contribution >= 4 is 23.2 Å². The van der Waals surface area contributed by atoms with Crippen LogP contribution in [0.15, 0.2) is 18.2 Å². The van der Waals surface area contributed by atoms with Crippen LogP contribution in [-0.4, -0.2) is 31.5 Å². The first kappa shape index (κ1) is 13.4. The number of nitrogens with zero attached hydrogens (tertiary/aromatic N) is 1. The van der Waals surface area contributed by atoms with Crippen LogP contribution in [0.3, 0.4) is 0 Å². The summed E-state index contributed by atoms with van der Waals surface area (Å²) < 4.78 is 5.32. The SMILES string of the molecule is CNc1ccc2c(c1)N(C(=O)CC(C)N)C(=O)CO2. The molecule has 6 heteroatoms. The quantitative estimate of drug-likeness (QED) is 0.839. The Balaban J connectivity index is 2.39. The molecule has 3 N–H and O–H groups in total. The summed E-state index contributed by atoms with van der Waals surface area (Å²) >= 11 is 0. The standard InChI is InChI=1S/C13H17N3O3/c1-8(14)5-12(17)16-10-6-9(15-2)3-4-11(10)19-7-13(16)18/h3-4,6,8,15H,5,7,14H2,1-2H3. The van der Waals surface area contributed by atoms with Crippen LogP contribution in [0.4, 0.5) is 11.4 Å². The summed E-state index contributed by atoms with van der Waals surface area (Å²) in [7, 11) is 1.77. The number of carbonyl (C=O) groups is 2. The third kappa shape index (κ3) is 2.68. The Labute approximate surface area is 111 Å². The van der Waals surface area contributed by atoms with E-state index in [0.29, 0.717) is 11.4 Å². The second kappa shape index (κ2) is 5.27. The molecule has 102 valence electrons. The normalized spacial score (nSPS) is 15.5. The van der Waals surface area contributed by atoms with E-state index in [1.807, 2.05) is 6.07 Å². The number of hydrogen-bond acceptors (Lipinski definition) is 5. The summed E-state index contributed by atoms with van der Waals surface area (Å²) in [6.45, 7) is 1.60. The Kier molecular flexibility index (Phi) is 3.71. The zero-order valence-electron chi connectivity index (χ0n) is 11.0. The van der Waals surface area contributed by atoms with E-state index < -0.39 is 0 Å². The van der Waals surface area contributed by atoms with Crippen LogP contribution in [0.25, 0.3) is 0 Å². The van der Waals surface area contributed by atoms with E-state index in [9.17, 15) is 9.59 Å². The number of ether oxygens (including phenoxy) is 1. The van der Waals surface area contributed by atoms with Crippen molar-refractivity contribution in [2.75, 3.05) is 23.9 Å². The zero-order valence-corrected chi connectivity index (χ0v) is 11.0. The van der Waals surface area contributed by atoms with Crippen molar-refractivity contribution in [1.82, 2.24) is 0 Å². The predicted octanol–water partition coefficient (Wildman–Crippen LogP) is 0.718. The minimum absolute atomic E-state index is 0.120. The number of benzene rings is 1. The average Bonchev–Trinajstić information content (AvgIpc) is 2.36. The molecule has 1 heterocycles. The molecule has 1 atom stereocenters. The summed E-state index contributed by atoms with van der Waals surface area (Å²) in [4.78, 5) is 25.2. The van der Waals surface area contributed by atoms with Gasteiger partial charge in [-0.3, -0.25) is 9.59 Å². The van der Waals surface area contributed by atoms with Crippen LogP contribution in [0, 0.1) is 0 Å². The molecular formula is C13H17N3O3. The zero-order chi connectivity index (χ0) is 14.0. The lowest BCUT2D eigenvalue weighted by Crippen LogP contribution is -2.44. The first-order chi connectivity index (χ1) is 9.02. The maximum Gasteiger partial charge on any atom is 0.271 e. The number of anilines is 2. The van der Waals surface area contributed by atoms with Gasteiger partial charge in [0.25, 0.3) is 5.91 Å². The molecule has 1 aliphatic rings. The average molecular weight is 263 g/mol. The summed E-state index contributed by atoms with van der Waals surface area (Å²) in [6, 6.07) is 4.98. The summed E-state index contributed by atoms with van der Waals surface area (Å²) in [5, 5.41) is 2.96. The first-order valence-corrected chi connectivity index (χ1v) is 6.09. The molecule has 19 heavy (non-hydrogen) atoms. The third-order valence-corrected chi connectivity index (χ3v) is 2.84. The van der Waals surface area contributed by atoms with Crippen molar-refractivity contribution in [1.29, 1.82) is 0 Å². The van der Waals surface area contributed by atoms with E-state index in [1.165, 1.54) is 0 Å². The largest absolute Gasteiger partial charge is 0.482 e. The Morgan fingerprint density at radius 2 is 2.32 bits per heavy atom. The molecule has 0 radical (unpaired) electrons. The van der Waals surface area contributed by atoms with Crippen LogP contribution in [0.5, 0.6) is 5.75 Å². The highest BCUT2D eigenvalue weighted by Gasteiger charge is 2.31. The van der Waals surface area contributed by atoms with Gasteiger partial charge in [-0.1, -0.05) is 0 Å². The summed E-state index contributed by atoms with van der Waals surface area (Å²) in [5.41, 5.74) is 6.89. The molecular weight excluding hydrogens is 246 g/mol. The lowest BCUT2D eigenvalue weighted by atomic mass is 10.1. The van der Waals surface area contributed by atoms with Crippen LogP contribution in [-0.2, 0) is 9.59 Å². The lowest BCUT2D eigenvalue weighted by molar-refractivity contribution is -0.128. The molecule has 0 aromatic heterocycles. The van der Waals surface area contributed by atoms with Crippen molar-refractivity contribution in [3.63, 3.8) is 0 Å². The Bertz CT molecular complexity index is 514. The van der Waals surface area contributed by atoms with Gasteiger partial charge in [0.1, 0.15) is 5.75 Å². The van der Waals surface area contributed by atoms with E-state index in [2.05, 4.69) is 5.32 Å². The number of fused-ring (bicyclic) bond motifs is 1. The highest BCUT2D eigenvalue weighted by atomic mass is 16.5. The molecule has 6 nitrogen and oxygen atoms in total. The van der Waals surface area contributed by atoms with Gasteiger partial charge < -0.3 is 15.8 Å². The van der Waals surface area contributed by atoms with Gasteiger partial charge in [-0.25, -0.2) is 4.90 Å². The number of nitrogens with two attached hydrogens (primary N) is 1. The van der Waals surface area contributed by atoms with Crippen molar-refractivity contribution in [3.8, 4) is 5.75 Å². The van der Waals surface area contributed by atoms with Gasteiger partial charge in [-0.15, -0.1) is 0 Å². The Morgan fingerprint density at radius 1 is 1.58 bits per heavy atom. The van der Waals surface area contributed by atoms with Crippen molar-refractivity contribution in [2.45, 2.75) is 19.4 Å². The third-order valence-electron chi connectivity index (χ3n) is 2.84. The van der Waals surface area contributed by atoms with E-state index in [1.54, 1.807) is 26.1 Å². The van der Waals surface area contributed by atoms with Gasteiger partial charge in [-0.05, 0) is 25.1 Å². The smallest absolute Gasteiger partial charge is 0.271 e. The summed E-state index contributed by atoms with van der Waals surface area (Å²) in [6.07, 6.45) is 0.120. The summed E-state index contributed by atoms with van der Waals surface area (Å²) in [5.74, 6) is -0.152. The van der Waals surface area contributed by atoms with Crippen LogP contribution in [0.2, 0.25) is 0 Å². The number of carbonyl (C=O) groups excluding carboxylic acids is 2. The molecule has 0 saturated carbocycles. The highest BCUT2D eigenvalue weighted by Crippen LogP contribution is 2.34. The second-order valence-electron chi connectivity index (χ2n) is 4.53. The van der Waals surface area contributed by atoms with Crippen molar-refractivity contribution in [2.24, 2.45) is 5.73 Å². The number of amides is 2. The first-order valence-electron chi connectivity index (χ1n) is 6.09. The molecule has 0 spiro atoms. The molecule has 2 rings (SSSR count). The molecule has 2 amide bonds. The van der Waals surface area contributed by atoms with E-state index >= 15 is 0 Å². The van der Waals surface area contributed by atoms with Gasteiger partial charge in [0.05, 0.1) is 5.69 Å². The molecule has 0 bridgehead atoms. The number of imide groups is 1. The molecule has 0 saturated heterocycles. The minimum atomic E-state index is -0.369. The second-order valence-corrected chi connectivity index (χ2v) is 4.53. The molecule has 1 aromatic carbocycles. The molecule has 1 aliphatic heterocycles. The van der Waals surface area contributed by atoms with Gasteiger partial charge in [0.15, 0.2) is 6.61 Å². The molecule has 0 fully saturated rings. The monoisotopic (exact) mass is 263 g/mol. The van der Waals surface area contributed by atoms with Gasteiger partial charge in [0.2, 0.25) is 5.91 Å². The fourth-order valence-electron chi connectivity index (χ4n) is 1.95. The van der Waals surface area contributed by atoms with Gasteiger partial charge in [-0.2, -0.15) is 0 Å². The van der Waals surface area contributed by atoms with E-state index in [0.717, 1.165) is 10.6 Å². The fraction of sp³-hybridized carbons (Fsp3) is 0.385. The predicted molar refractivity (Wildman–Crippen MR) is 72.2 cm³/mol. The van der Waals surface area contributed by atoms with Crippen LogP contribution >= 0.6 is 0 Å². The maximum absolute atomic E-state index is 12.1. The van der Waals surface area contributed by atoms with Crippen LogP contribution < -0.4 is 20.7 Å². The van der Waals surface area contributed by atoms with E-state index in [4.69, 9.17) is 10.5 Å². The lowest BCUT2D eigenvalue weighted by Gasteiger charge is -2.28. The fourth-order valence-corrected chi connectivity index (χ4v) is 1.95. The maximum atomic E-state index is 12.1. The van der Waals surface area contributed by atoms with Gasteiger partial charge >= 0.3 is 0 Å². The van der Waals surface area contributed by atoms with Gasteiger partial charge in [0, 0.05) is 25.2 Å². The van der Waals surface area contributed by atoms with Crippen LogP contribution in [0.1, 0.15) is 13.3 Å². The topological polar surface area (TPSA) is 84.7 Å². The number of rotatable bonds is 3. The number of nitrogens with one attached hydrogen (secondary N) is 1. The minimum Gasteiger partial charge on any atom is -0.482 e. The molecule has 0 aliphatic carbocycles. The van der Waals surface area contributed by atoms with Crippen molar-refractivity contribution < 1.29 is 14.3 Å². The molecule has 1 aromatic rings. The Morgan fingerprint density at radius 3 is 2.95 bits per heavy atom. The Hall–Kier alpha value is -2.08. The highest BCUT2D eigenvalue weighted by molar-refractivity contribution is 6.17. The van der Waals surface area contributed by atoms with E-state index in [-0.39, 0.29) is 30.9 Å². The molecule has 1 unspecified atom stereocenters. The van der Waals surface area contributed by atoms with Crippen molar-refractivity contribution in [3.05, 3.63) is 18.2 Å². The number of hydrogen-bond donors (Lipinski definition) is 2.